The fourth-order valence-electron chi connectivity index (χ4n) is 8.98. The average Bonchev–Trinajstić information content (AvgIpc) is 3.80. The number of aryl methyl sites for hydroxylation is 6. The molecule has 0 saturated heterocycles. The molecule has 16 heteroatoms. The molecule has 1 aliphatic heterocycles. The molecular formula is C43H42Br2F2N8O4. The lowest BCUT2D eigenvalue weighted by Crippen LogP contribution is -2.42. The van der Waals surface area contributed by atoms with Crippen molar-refractivity contribution in [3.8, 4) is 11.4 Å². The Morgan fingerprint density at radius 2 is 1.44 bits per heavy atom. The first-order valence-electron chi connectivity index (χ1n) is 18.7. The van der Waals surface area contributed by atoms with E-state index in [4.69, 9.17) is 4.74 Å². The van der Waals surface area contributed by atoms with Crippen molar-refractivity contribution < 1.29 is 28.2 Å². The predicted molar refractivity (Wildman–Crippen MR) is 229 cm³/mol. The Morgan fingerprint density at radius 3 is 2.02 bits per heavy atom. The molecule has 0 saturated carbocycles. The molecule has 5 aromatic heterocycles. The van der Waals surface area contributed by atoms with Crippen LogP contribution in [0.1, 0.15) is 92.7 Å². The number of pyridine rings is 2. The van der Waals surface area contributed by atoms with E-state index in [1.165, 1.54) is 31.4 Å². The van der Waals surface area contributed by atoms with Crippen LogP contribution in [0.3, 0.4) is 0 Å². The number of carboxylic acids is 1. The molecule has 0 spiro atoms. The SMILES string of the molecule is COC(=O)c1nn(C)c2c3ncc(Br)cc3n(C(C)c3c(C)cc(F)cc3C)c12.Cc1cc(F)cc(C)c1C(C)C1(C)Nc2c(Br)ccnc2-c2c1c(C(=O)O)nn2C. The van der Waals surface area contributed by atoms with E-state index in [0.29, 0.717) is 22.5 Å². The molecule has 1 aliphatic rings. The molecule has 0 bridgehead atoms. The van der Waals surface area contributed by atoms with Crippen molar-refractivity contribution in [2.75, 3.05) is 12.4 Å². The average molecular weight is 933 g/mol. The van der Waals surface area contributed by atoms with Gasteiger partial charge >= 0.3 is 11.9 Å². The minimum Gasteiger partial charge on any atom is -0.476 e. The third kappa shape index (κ3) is 6.79. The third-order valence-electron chi connectivity index (χ3n) is 11.5. The first-order chi connectivity index (χ1) is 27.8. The molecule has 2 N–H and O–H groups in total. The quantitative estimate of drug-likeness (QED) is 0.156. The number of ether oxygens (including phenoxy) is 1. The van der Waals surface area contributed by atoms with Gasteiger partial charge in [0.25, 0.3) is 0 Å². The minimum absolute atomic E-state index is 0.0146. The third-order valence-corrected chi connectivity index (χ3v) is 12.6. The number of carboxylic acid groups (broad SMARTS) is 1. The lowest BCUT2D eigenvalue weighted by Gasteiger charge is -2.43. The summed E-state index contributed by atoms with van der Waals surface area (Å²) in [5, 5.41) is 22.2. The summed E-state index contributed by atoms with van der Waals surface area (Å²) in [4.78, 5) is 33.7. The van der Waals surface area contributed by atoms with Gasteiger partial charge in [0.15, 0.2) is 11.4 Å². The van der Waals surface area contributed by atoms with E-state index in [2.05, 4.69) is 57.3 Å². The maximum Gasteiger partial charge on any atom is 0.360 e. The molecule has 306 valence electrons. The number of hydrogen-bond donors (Lipinski definition) is 2. The van der Waals surface area contributed by atoms with Crippen LogP contribution in [0.25, 0.3) is 33.5 Å². The zero-order valence-corrected chi connectivity index (χ0v) is 37.3. The van der Waals surface area contributed by atoms with Crippen LogP contribution in [-0.4, -0.2) is 58.3 Å². The summed E-state index contributed by atoms with van der Waals surface area (Å²) in [5.41, 5.74) is 10.3. The fourth-order valence-corrected chi connectivity index (χ4v) is 9.71. The number of methoxy groups -OCH3 is 1. The van der Waals surface area contributed by atoms with Gasteiger partial charge in [0.1, 0.15) is 33.9 Å². The minimum atomic E-state index is -1.10. The fraction of sp³-hybridized carbons (Fsp3) is 0.302. The van der Waals surface area contributed by atoms with Crippen molar-refractivity contribution in [2.24, 2.45) is 14.1 Å². The van der Waals surface area contributed by atoms with E-state index in [-0.39, 0.29) is 35.0 Å². The highest BCUT2D eigenvalue weighted by molar-refractivity contribution is 9.10. The zero-order chi connectivity index (χ0) is 43.0. The van der Waals surface area contributed by atoms with Gasteiger partial charge in [-0.1, -0.05) is 6.92 Å². The van der Waals surface area contributed by atoms with Crippen molar-refractivity contribution >= 4 is 71.6 Å². The molecule has 7 aromatic rings. The van der Waals surface area contributed by atoms with Crippen molar-refractivity contribution in [2.45, 2.75) is 66.0 Å². The van der Waals surface area contributed by atoms with E-state index >= 15 is 0 Å². The molecule has 3 unspecified atom stereocenters. The Kier molecular flexibility index (Phi) is 10.8. The van der Waals surface area contributed by atoms with E-state index in [1.54, 1.807) is 35.9 Å². The Hall–Kier alpha value is -5.48. The van der Waals surface area contributed by atoms with Crippen LogP contribution in [0.4, 0.5) is 14.5 Å². The molecule has 2 aromatic carbocycles. The smallest absolute Gasteiger partial charge is 0.360 e. The van der Waals surface area contributed by atoms with Crippen LogP contribution in [0, 0.1) is 39.3 Å². The monoisotopic (exact) mass is 930 g/mol. The number of rotatable bonds is 6. The number of aromatic nitrogens is 7. The maximum absolute atomic E-state index is 14.0. The Morgan fingerprint density at radius 1 is 0.864 bits per heavy atom. The summed E-state index contributed by atoms with van der Waals surface area (Å²) in [6.07, 6.45) is 3.39. The van der Waals surface area contributed by atoms with Gasteiger partial charge in [-0.2, -0.15) is 10.2 Å². The van der Waals surface area contributed by atoms with Gasteiger partial charge < -0.3 is 19.7 Å². The summed E-state index contributed by atoms with van der Waals surface area (Å²) < 4.78 is 39.7. The topological polar surface area (TPSA) is 142 Å². The van der Waals surface area contributed by atoms with Crippen molar-refractivity contribution in [3.63, 3.8) is 0 Å². The Bertz CT molecular complexity index is 2840. The van der Waals surface area contributed by atoms with Crippen LogP contribution in [0.2, 0.25) is 0 Å². The van der Waals surface area contributed by atoms with Crippen LogP contribution in [0.15, 0.2) is 57.7 Å². The summed E-state index contributed by atoms with van der Waals surface area (Å²) in [7, 11) is 4.84. The predicted octanol–water partition coefficient (Wildman–Crippen LogP) is 9.98. The van der Waals surface area contributed by atoms with Crippen LogP contribution in [0.5, 0.6) is 0 Å². The summed E-state index contributed by atoms with van der Waals surface area (Å²) >= 11 is 7.09. The van der Waals surface area contributed by atoms with Crippen LogP contribution >= 0.6 is 31.9 Å². The molecule has 0 fully saturated rings. The number of aromatic carboxylic acids is 1. The molecular weight excluding hydrogens is 890 g/mol. The summed E-state index contributed by atoms with van der Waals surface area (Å²) in [5.74, 6) is -2.36. The number of carbonyl (C=O) groups is 2. The number of hydrogen-bond acceptors (Lipinski definition) is 8. The highest BCUT2D eigenvalue weighted by Gasteiger charge is 2.47. The van der Waals surface area contributed by atoms with Crippen LogP contribution in [-0.2, 0) is 24.4 Å². The highest BCUT2D eigenvalue weighted by Crippen LogP contribution is 2.52. The Labute approximate surface area is 355 Å². The van der Waals surface area contributed by atoms with Crippen molar-refractivity contribution in [1.29, 1.82) is 0 Å². The number of halogens is 4. The molecule has 0 amide bonds. The summed E-state index contributed by atoms with van der Waals surface area (Å²) in [6.45, 7) is 13.6. The second kappa shape index (κ2) is 15.3. The van der Waals surface area contributed by atoms with Gasteiger partial charge in [0.2, 0.25) is 0 Å². The van der Waals surface area contributed by atoms with E-state index in [0.717, 1.165) is 64.6 Å². The van der Waals surface area contributed by atoms with Crippen molar-refractivity contribution in [3.05, 3.63) is 120 Å². The lowest BCUT2D eigenvalue weighted by molar-refractivity contribution is 0.0593. The van der Waals surface area contributed by atoms with Gasteiger partial charge in [-0.3, -0.25) is 19.3 Å². The molecule has 6 heterocycles. The lowest BCUT2D eigenvalue weighted by atomic mass is 9.71. The van der Waals surface area contributed by atoms with Gasteiger partial charge in [-0.15, -0.1) is 0 Å². The summed E-state index contributed by atoms with van der Waals surface area (Å²) in [6, 6.07) is 9.69. The standard InChI is InChI=1S/C22H22BrFN4O2.C21H20BrFN4O2/c1-10-8-13(24)9-11(2)15(10)12(3)22(4)16-18(21(29)30)27-28(5)20(16)19-17(26-22)14(23)6-7-25-19;1-10-6-14(23)7-11(2)16(10)12(3)27-15-8-13(22)9-24-17(15)19-20(27)18(21(28)29-5)25-26(19)4/h6-9,12,26H,1-5H3,(H,29,30);6-9,12H,1-5H3. The number of nitrogens with zero attached hydrogens (tertiary/aromatic N) is 7. The Balaban J connectivity index is 0.000000179. The number of esters is 1. The molecule has 12 nitrogen and oxygen atoms in total. The number of anilines is 1. The largest absolute Gasteiger partial charge is 0.476 e. The second-order valence-electron chi connectivity index (χ2n) is 15.2. The van der Waals surface area contributed by atoms with Gasteiger partial charge in [-0.25, -0.2) is 18.4 Å². The number of carbonyl (C=O) groups excluding carboxylic acids is 1. The molecule has 0 radical (unpaired) electrons. The van der Waals surface area contributed by atoms with Gasteiger partial charge in [0.05, 0.1) is 35.6 Å². The second-order valence-corrected chi connectivity index (χ2v) is 17.0. The number of fused-ring (bicyclic) bond motifs is 6. The van der Waals surface area contributed by atoms with Crippen LogP contribution < -0.4 is 5.32 Å². The first kappa shape index (κ1) is 41.7. The molecule has 0 aliphatic carbocycles. The van der Waals surface area contributed by atoms with E-state index in [1.807, 2.05) is 65.2 Å². The van der Waals surface area contributed by atoms with E-state index in [9.17, 15) is 23.5 Å². The van der Waals surface area contributed by atoms with Gasteiger partial charge in [0, 0.05) is 46.9 Å². The van der Waals surface area contributed by atoms with Crippen molar-refractivity contribution in [1.82, 2.24) is 34.1 Å². The number of nitrogens with one attached hydrogen (secondary N) is 1. The zero-order valence-electron chi connectivity index (χ0n) is 34.1. The molecule has 3 atom stereocenters. The van der Waals surface area contributed by atoms with E-state index < -0.39 is 17.5 Å². The number of benzene rings is 2. The maximum atomic E-state index is 14.0. The first-order valence-corrected chi connectivity index (χ1v) is 20.3. The molecule has 59 heavy (non-hydrogen) atoms. The normalized spacial score (nSPS) is 15.6. The van der Waals surface area contributed by atoms with Gasteiger partial charge in [-0.05, 0) is 143 Å². The molecule has 8 rings (SSSR count). The highest BCUT2D eigenvalue weighted by atomic mass is 79.9.